The van der Waals surface area contributed by atoms with Gasteiger partial charge in [0.1, 0.15) is 6.04 Å². The van der Waals surface area contributed by atoms with Crippen LogP contribution in [0.1, 0.15) is 144 Å². The molecule has 0 radical (unpaired) electrons. The van der Waals surface area contributed by atoms with Crippen LogP contribution in [0.4, 0.5) is 11.4 Å². The molecule has 2 aliphatic heterocycles. The maximum Gasteiger partial charge on any atom is 2.00 e. The van der Waals surface area contributed by atoms with Crippen molar-refractivity contribution in [1.29, 1.82) is 0 Å². The molecule has 15 heteroatoms. The zero-order valence-electron chi connectivity index (χ0n) is 36.8. The summed E-state index contributed by atoms with van der Waals surface area (Å²) < 4.78 is 64.1. The molecule has 2 N–H and O–H groups in total. The van der Waals surface area contributed by atoms with Gasteiger partial charge in [-0.1, -0.05) is 58.8 Å². The minimum Gasteiger partial charge on any atom is -1.00 e. The largest absolute Gasteiger partial charge is 2.00 e. The van der Waals surface area contributed by atoms with Gasteiger partial charge in [-0.2, -0.15) is 31.9 Å². The first-order valence-electron chi connectivity index (χ1n) is 20.6. The molecule has 2 aromatic carbocycles. The van der Waals surface area contributed by atoms with E-state index in [1.165, 1.54) is 35.0 Å². The van der Waals surface area contributed by atoms with Crippen molar-refractivity contribution >= 4 is 66.6 Å². The van der Waals surface area contributed by atoms with Crippen LogP contribution in [0.25, 0.3) is 0 Å². The number of ketones is 1. The number of benzene rings is 2. The first kappa shape index (κ1) is 56.2. The third-order valence-corrected chi connectivity index (χ3v) is 13.9. The predicted octanol–water partition coefficient (Wildman–Crippen LogP) is 5.98. The molecule has 326 valence electrons. The molecule has 2 saturated heterocycles. The molecule has 0 amide bonds. The quantitative estimate of drug-likeness (QED) is 0.0914. The van der Waals surface area contributed by atoms with Gasteiger partial charge in [-0.05, 0) is 138 Å². The van der Waals surface area contributed by atoms with Crippen LogP contribution in [-0.2, 0) is 34.7 Å². The number of halogens is 1. The minimum atomic E-state index is -3.80. The maximum absolute atomic E-state index is 13.0. The van der Waals surface area contributed by atoms with E-state index in [-0.39, 0.29) is 45.8 Å². The van der Waals surface area contributed by atoms with Crippen LogP contribution in [0.5, 0.6) is 0 Å². The number of piperidine rings is 2. The van der Waals surface area contributed by atoms with Gasteiger partial charge in [0, 0.05) is 19.5 Å². The van der Waals surface area contributed by atoms with Crippen LogP contribution < -0.4 is 26.4 Å². The van der Waals surface area contributed by atoms with E-state index in [0.29, 0.717) is 43.7 Å². The zero-order chi connectivity index (χ0) is 42.1. The van der Waals surface area contributed by atoms with E-state index in [4.69, 9.17) is 4.74 Å². The summed E-state index contributed by atoms with van der Waals surface area (Å²) in [7, 11) is -6.27. The third-order valence-electron chi connectivity index (χ3n) is 10.8. The number of Topliss-reactive ketones (excluding diaryl/α,β-unsaturated/α-hetero) is 1. The van der Waals surface area contributed by atoms with Crippen LogP contribution in [0.15, 0.2) is 24.3 Å². The van der Waals surface area contributed by atoms with Crippen molar-refractivity contribution in [2.24, 2.45) is 0 Å². The number of rotatable bonds is 16. The van der Waals surface area contributed by atoms with E-state index in [0.717, 1.165) is 91.2 Å². The van der Waals surface area contributed by atoms with Crippen molar-refractivity contribution < 1.29 is 48.1 Å². The Hall–Kier alpha value is -1.75. The Morgan fingerprint density at radius 3 is 1.45 bits per heavy atom. The summed E-state index contributed by atoms with van der Waals surface area (Å²) in [6, 6.07) is 6.04. The number of carbonyl (C=O) groups excluding carboxylic acids is 2. The monoisotopic (exact) mass is 922 g/mol. The minimum absolute atomic E-state index is 0. The molecule has 0 spiro atoms. The Labute approximate surface area is 378 Å². The summed E-state index contributed by atoms with van der Waals surface area (Å²) in [6.07, 6.45) is 14.0. The van der Waals surface area contributed by atoms with Crippen LogP contribution in [0.2, 0.25) is 0 Å². The number of methoxy groups -OCH3 is 1. The number of ether oxygens (including phenoxy) is 1. The van der Waals surface area contributed by atoms with Gasteiger partial charge >= 0.3 is 49.4 Å². The van der Waals surface area contributed by atoms with E-state index in [1.807, 2.05) is 53.7 Å². The van der Waals surface area contributed by atoms with E-state index >= 15 is 0 Å². The van der Waals surface area contributed by atoms with E-state index in [1.54, 1.807) is 12.1 Å². The van der Waals surface area contributed by atoms with Gasteiger partial charge < -0.3 is 28.6 Å². The van der Waals surface area contributed by atoms with E-state index in [2.05, 4.69) is 30.2 Å². The van der Waals surface area contributed by atoms with Crippen molar-refractivity contribution in [3.63, 3.8) is 0 Å². The average molecular weight is 924 g/mol. The Bertz CT molecular complexity index is 1740. The Morgan fingerprint density at radius 2 is 1.07 bits per heavy atom. The molecule has 2 aromatic rings. The topological polar surface area (TPSA) is 142 Å². The number of hydrogen-bond acceptors (Lipinski definition) is 7. The molecular formula is C43H71BrMgN4O7S2. The smallest absolute Gasteiger partial charge is 1.00 e. The molecule has 2 atom stereocenters. The van der Waals surface area contributed by atoms with Crippen molar-refractivity contribution in [1.82, 2.24) is 8.61 Å². The summed E-state index contributed by atoms with van der Waals surface area (Å²) in [5.41, 5.74) is 7.52. The van der Waals surface area contributed by atoms with Crippen molar-refractivity contribution in [2.45, 2.75) is 164 Å². The summed E-state index contributed by atoms with van der Waals surface area (Å²) in [5.74, 6) is -0.446. The number of aryl methyl sites for hydroxylation is 4. The summed E-state index contributed by atoms with van der Waals surface area (Å²) in [4.78, 5) is 24.6. The number of nitrogens with one attached hydrogen (secondary N) is 2. The number of unbranched alkanes of at least 4 members (excludes halogenated alkanes) is 6. The molecule has 2 heterocycles. The molecular weight excluding hydrogens is 853 g/mol. The number of anilines is 2. The second kappa shape index (κ2) is 28.0. The van der Waals surface area contributed by atoms with Gasteiger partial charge in [0.2, 0.25) is 0 Å². The second-order valence-electron chi connectivity index (χ2n) is 15.3. The summed E-state index contributed by atoms with van der Waals surface area (Å²) >= 11 is 0. The van der Waals surface area contributed by atoms with Gasteiger partial charge in [-0.3, -0.25) is 19.0 Å². The molecule has 0 aliphatic carbocycles. The SMILES string of the molecule is CCCCCCC(=O)[C@@H]1CCCCN1S(=O)(=O)Nc1cc(C)c(C)c(C)c1.COC(=O)[C@@H]1CCCCN1S(=O)(=O)Nc1cc(C)c(C)c(C)c1.[Br-].[CH2-]CCCCC.[Mg+2]. The predicted molar refractivity (Wildman–Crippen MR) is 236 cm³/mol. The first-order chi connectivity index (χ1) is 26.4. The molecule has 0 bridgehead atoms. The summed E-state index contributed by atoms with van der Waals surface area (Å²) in [5, 5.41) is 0. The van der Waals surface area contributed by atoms with Crippen LogP contribution in [0.3, 0.4) is 0 Å². The van der Waals surface area contributed by atoms with Crippen LogP contribution in [0, 0.1) is 48.5 Å². The average Bonchev–Trinajstić information content (AvgIpc) is 3.16. The molecule has 2 aliphatic rings. The Morgan fingerprint density at radius 1 is 0.672 bits per heavy atom. The Kier molecular flexibility index (Phi) is 27.1. The molecule has 2 fully saturated rings. The van der Waals surface area contributed by atoms with Crippen LogP contribution >= 0.6 is 0 Å². The van der Waals surface area contributed by atoms with Crippen LogP contribution in [-0.4, -0.2) is 92.5 Å². The molecule has 0 unspecified atom stereocenters. The van der Waals surface area contributed by atoms with Gasteiger partial charge in [0.25, 0.3) is 0 Å². The van der Waals surface area contributed by atoms with Gasteiger partial charge in [0.05, 0.1) is 24.5 Å². The Balaban J connectivity index is 0.000000961. The molecule has 4 rings (SSSR count). The number of hydrogen-bond donors (Lipinski definition) is 2. The van der Waals surface area contributed by atoms with Crippen molar-refractivity contribution in [2.75, 3.05) is 29.6 Å². The molecule has 11 nitrogen and oxygen atoms in total. The van der Waals surface area contributed by atoms with Crippen molar-refractivity contribution in [3.8, 4) is 0 Å². The summed E-state index contributed by atoms with van der Waals surface area (Å²) in [6.45, 7) is 20.7. The zero-order valence-corrected chi connectivity index (χ0v) is 41.5. The second-order valence-corrected chi connectivity index (χ2v) is 18.5. The number of esters is 1. The van der Waals surface area contributed by atoms with Crippen molar-refractivity contribution in [3.05, 3.63) is 64.6 Å². The normalized spacial score (nSPS) is 17.2. The maximum atomic E-state index is 13.0. The first-order valence-corrected chi connectivity index (χ1v) is 23.5. The fraction of sp³-hybridized carbons (Fsp3) is 0.651. The standard InChI is InChI=1S/C21H34N2O3S.C16H24N2O4S.C6H13.BrH.Mg/c1-5-6-7-8-12-21(24)20-11-9-10-13-23(20)27(25,26)22-19-14-16(2)18(4)17(3)15-19;1-11-9-14(10-12(2)13(11)3)17-23(20,21)18-8-6-5-7-15(18)16(19)22-4;1-3-5-6-4-2;;/h14-15,20,22H,5-13H2,1-4H3;9-10,15,17H,5-8H2,1-4H3;1,3-6H2,2H3;1H;/q;;-1;;+2/p-1/t20-;15-;;;/m00.../s1. The van der Waals surface area contributed by atoms with E-state index < -0.39 is 38.5 Å². The fourth-order valence-corrected chi connectivity index (χ4v) is 9.89. The number of carbonyl (C=O) groups is 2. The molecule has 0 aromatic heterocycles. The number of nitrogens with zero attached hydrogens (tertiary/aromatic N) is 2. The fourth-order valence-electron chi connectivity index (χ4n) is 7.00. The molecule has 0 saturated carbocycles. The molecule has 58 heavy (non-hydrogen) atoms. The third kappa shape index (κ3) is 17.7. The van der Waals surface area contributed by atoms with E-state index in [9.17, 15) is 26.4 Å². The van der Waals surface area contributed by atoms with Gasteiger partial charge in [0.15, 0.2) is 5.78 Å². The van der Waals surface area contributed by atoms with Gasteiger partial charge in [-0.25, -0.2) is 0 Å². The van der Waals surface area contributed by atoms with Gasteiger partial charge in [-0.15, -0.1) is 0 Å².